The zero-order valence-corrected chi connectivity index (χ0v) is 18.3. The molecule has 4 rings (SSSR count). The van der Waals surface area contributed by atoms with Gasteiger partial charge in [0.15, 0.2) is 5.13 Å². The molecule has 0 aliphatic carbocycles. The highest BCUT2D eigenvalue weighted by atomic mass is 32.1. The molecule has 8 heteroatoms. The van der Waals surface area contributed by atoms with E-state index in [9.17, 15) is 9.59 Å². The molecule has 1 aliphatic heterocycles. The van der Waals surface area contributed by atoms with Crippen LogP contribution in [0.3, 0.4) is 0 Å². The molecule has 0 spiro atoms. The van der Waals surface area contributed by atoms with Gasteiger partial charge in [0.25, 0.3) is 0 Å². The molecular formula is C23H26N4O3S. The Labute approximate surface area is 185 Å². The van der Waals surface area contributed by atoms with Crippen molar-refractivity contribution in [2.24, 2.45) is 5.92 Å². The number of hydrogen-bond acceptors (Lipinski definition) is 6. The van der Waals surface area contributed by atoms with Gasteiger partial charge in [-0.1, -0.05) is 35.6 Å². The number of carbonyl (C=O) groups excluding carboxylic acids is 2. The van der Waals surface area contributed by atoms with Gasteiger partial charge in [0.1, 0.15) is 5.75 Å². The Morgan fingerprint density at radius 1 is 1.06 bits per heavy atom. The molecule has 1 saturated heterocycles. The second-order valence-corrected chi connectivity index (χ2v) is 8.64. The molecule has 7 nitrogen and oxygen atoms in total. The number of nitrogens with zero attached hydrogens (tertiary/aromatic N) is 2. The summed E-state index contributed by atoms with van der Waals surface area (Å²) in [7, 11) is 1.60. The average molecular weight is 439 g/mol. The first-order valence-electron chi connectivity index (χ1n) is 10.4. The average Bonchev–Trinajstić information content (AvgIpc) is 3.26. The fourth-order valence-electron chi connectivity index (χ4n) is 3.65. The number of para-hydroxylation sites is 1. The Hall–Kier alpha value is -3.13. The third-order valence-electron chi connectivity index (χ3n) is 5.54. The number of piperidine rings is 1. The van der Waals surface area contributed by atoms with Crippen molar-refractivity contribution in [1.29, 1.82) is 0 Å². The van der Waals surface area contributed by atoms with E-state index in [0.29, 0.717) is 19.0 Å². The van der Waals surface area contributed by atoms with Gasteiger partial charge in [0, 0.05) is 26.2 Å². The number of rotatable bonds is 6. The molecule has 2 amide bonds. The van der Waals surface area contributed by atoms with Crippen molar-refractivity contribution in [2.45, 2.75) is 19.4 Å². The number of hydrogen-bond donors (Lipinski definition) is 2. The first-order chi connectivity index (χ1) is 15.1. The predicted molar refractivity (Wildman–Crippen MR) is 122 cm³/mol. The van der Waals surface area contributed by atoms with E-state index in [1.165, 1.54) is 4.70 Å². The van der Waals surface area contributed by atoms with Crippen LogP contribution in [0, 0.1) is 5.92 Å². The number of ether oxygens (including phenoxy) is 1. The topological polar surface area (TPSA) is 83.6 Å². The van der Waals surface area contributed by atoms with Gasteiger partial charge >= 0.3 is 11.8 Å². The molecule has 0 radical (unpaired) electrons. The highest BCUT2D eigenvalue weighted by molar-refractivity contribution is 7.22. The number of nitrogens with one attached hydrogen (secondary N) is 2. The Kier molecular flexibility index (Phi) is 6.66. The fraction of sp³-hybridized carbons (Fsp3) is 0.348. The summed E-state index contributed by atoms with van der Waals surface area (Å²) >= 11 is 1.72. The van der Waals surface area contributed by atoms with Crippen LogP contribution in [0.25, 0.3) is 10.2 Å². The van der Waals surface area contributed by atoms with Crippen molar-refractivity contribution >= 4 is 38.5 Å². The third kappa shape index (κ3) is 5.32. The lowest BCUT2D eigenvalue weighted by atomic mass is 9.97. The molecule has 0 bridgehead atoms. The van der Waals surface area contributed by atoms with E-state index in [1.54, 1.807) is 18.4 Å². The van der Waals surface area contributed by atoms with Crippen LogP contribution in [0.1, 0.15) is 18.4 Å². The summed E-state index contributed by atoms with van der Waals surface area (Å²) in [6, 6.07) is 15.5. The Balaban J connectivity index is 1.19. The van der Waals surface area contributed by atoms with Crippen molar-refractivity contribution in [3.05, 3.63) is 54.1 Å². The lowest BCUT2D eigenvalue weighted by Crippen LogP contribution is -2.43. The zero-order chi connectivity index (χ0) is 21.6. The number of aromatic nitrogens is 1. The van der Waals surface area contributed by atoms with Crippen molar-refractivity contribution in [2.75, 3.05) is 31.6 Å². The Morgan fingerprint density at radius 2 is 1.77 bits per heavy atom. The first-order valence-corrected chi connectivity index (χ1v) is 11.2. The smallest absolute Gasteiger partial charge is 0.309 e. The molecule has 1 aromatic heterocycles. The van der Waals surface area contributed by atoms with E-state index in [4.69, 9.17) is 9.72 Å². The zero-order valence-electron chi connectivity index (χ0n) is 17.5. The number of benzene rings is 2. The third-order valence-corrected chi connectivity index (χ3v) is 6.63. The maximum absolute atomic E-state index is 12.1. The van der Waals surface area contributed by atoms with Crippen molar-refractivity contribution in [1.82, 2.24) is 15.6 Å². The molecule has 1 aliphatic rings. The standard InChI is InChI=1S/C23H26N4O3S/c1-30-18-8-6-16(7-9-18)14-24-21(28)22(29)25-15-17-10-12-27(13-11-17)23-26-19-4-2-3-5-20(19)31-23/h2-9,17H,10-15H2,1H3,(H,24,28)(H,25,29). The van der Waals surface area contributed by atoms with Gasteiger partial charge in [-0.2, -0.15) is 0 Å². The maximum Gasteiger partial charge on any atom is 0.309 e. The van der Waals surface area contributed by atoms with Gasteiger partial charge in [0.05, 0.1) is 17.3 Å². The van der Waals surface area contributed by atoms with E-state index < -0.39 is 11.8 Å². The van der Waals surface area contributed by atoms with E-state index in [-0.39, 0.29) is 0 Å². The second kappa shape index (κ2) is 9.78. The summed E-state index contributed by atoms with van der Waals surface area (Å²) in [5.74, 6) is -0.0733. The summed E-state index contributed by atoms with van der Waals surface area (Å²) in [6.07, 6.45) is 1.92. The SMILES string of the molecule is COc1ccc(CNC(=O)C(=O)NCC2CCN(c3nc4ccccc4s3)CC2)cc1. The lowest BCUT2D eigenvalue weighted by molar-refractivity contribution is -0.139. The first kappa shape index (κ1) is 21.1. The van der Waals surface area contributed by atoms with Gasteiger partial charge in [0.2, 0.25) is 0 Å². The van der Waals surface area contributed by atoms with Crippen molar-refractivity contribution < 1.29 is 14.3 Å². The molecule has 0 saturated carbocycles. The highest BCUT2D eigenvalue weighted by Crippen LogP contribution is 2.31. The minimum Gasteiger partial charge on any atom is -0.497 e. The maximum atomic E-state index is 12.1. The van der Waals surface area contributed by atoms with Gasteiger partial charge in [-0.05, 0) is 48.6 Å². The molecule has 2 heterocycles. The highest BCUT2D eigenvalue weighted by Gasteiger charge is 2.23. The van der Waals surface area contributed by atoms with Crippen LogP contribution in [0.4, 0.5) is 5.13 Å². The fourth-order valence-corrected chi connectivity index (χ4v) is 4.66. The molecular weight excluding hydrogens is 412 g/mol. The van der Waals surface area contributed by atoms with Crippen molar-refractivity contribution in [3.63, 3.8) is 0 Å². The lowest BCUT2D eigenvalue weighted by Gasteiger charge is -2.31. The molecule has 1 fully saturated rings. The number of thiazole rings is 1. The van der Waals surface area contributed by atoms with Gasteiger partial charge < -0.3 is 20.3 Å². The van der Waals surface area contributed by atoms with Gasteiger partial charge in [-0.25, -0.2) is 4.98 Å². The van der Waals surface area contributed by atoms with E-state index in [1.807, 2.05) is 42.5 Å². The molecule has 162 valence electrons. The second-order valence-electron chi connectivity index (χ2n) is 7.64. The van der Waals surface area contributed by atoms with Crippen LogP contribution in [0.15, 0.2) is 48.5 Å². The minimum atomic E-state index is -0.609. The number of methoxy groups -OCH3 is 1. The summed E-state index contributed by atoms with van der Waals surface area (Å²) < 4.78 is 6.31. The summed E-state index contributed by atoms with van der Waals surface area (Å²) in [6.45, 7) is 2.63. The molecule has 0 unspecified atom stereocenters. The van der Waals surface area contributed by atoms with E-state index in [0.717, 1.165) is 47.9 Å². The van der Waals surface area contributed by atoms with E-state index >= 15 is 0 Å². The Morgan fingerprint density at radius 3 is 2.48 bits per heavy atom. The number of amides is 2. The van der Waals surface area contributed by atoms with Gasteiger partial charge in [-0.15, -0.1) is 0 Å². The van der Waals surface area contributed by atoms with Crippen LogP contribution in [-0.2, 0) is 16.1 Å². The normalized spacial score (nSPS) is 14.4. The van der Waals surface area contributed by atoms with E-state index in [2.05, 4.69) is 21.6 Å². The number of carbonyl (C=O) groups is 2. The molecule has 0 atom stereocenters. The van der Waals surface area contributed by atoms with Crippen LogP contribution in [0.2, 0.25) is 0 Å². The number of fused-ring (bicyclic) bond motifs is 1. The molecule has 2 N–H and O–H groups in total. The van der Waals surface area contributed by atoms with Crippen molar-refractivity contribution in [3.8, 4) is 5.75 Å². The minimum absolute atomic E-state index is 0.302. The summed E-state index contributed by atoms with van der Waals surface area (Å²) in [5.41, 5.74) is 1.95. The summed E-state index contributed by atoms with van der Waals surface area (Å²) in [4.78, 5) is 31.2. The number of anilines is 1. The van der Waals surface area contributed by atoms with Crippen LogP contribution >= 0.6 is 11.3 Å². The van der Waals surface area contributed by atoms with Gasteiger partial charge in [-0.3, -0.25) is 9.59 Å². The molecule has 3 aromatic rings. The van der Waals surface area contributed by atoms with Crippen LogP contribution in [-0.4, -0.2) is 43.5 Å². The molecule has 2 aromatic carbocycles. The van der Waals surface area contributed by atoms with Crippen LogP contribution < -0.4 is 20.3 Å². The van der Waals surface area contributed by atoms with Crippen LogP contribution in [0.5, 0.6) is 5.75 Å². The molecule has 31 heavy (non-hydrogen) atoms. The Bertz CT molecular complexity index is 1010. The summed E-state index contributed by atoms with van der Waals surface area (Å²) in [5, 5.41) is 6.50. The quantitative estimate of drug-likeness (QED) is 0.578. The largest absolute Gasteiger partial charge is 0.497 e. The predicted octanol–water partition coefficient (Wildman–Crippen LogP) is 2.95. The monoisotopic (exact) mass is 438 g/mol.